The number of rotatable bonds is 4. The first-order valence-corrected chi connectivity index (χ1v) is 10.3. The van der Waals surface area contributed by atoms with Crippen LogP contribution >= 0.6 is 0 Å². The minimum Gasteiger partial charge on any atom is -0.467 e. The number of fused-ring (bicyclic) bond motifs is 5. The van der Waals surface area contributed by atoms with E-state index in [1.54, 1.807) is 11.8 Å². The molecule has 0 bridgehead atoms. The van der Waals surface area contributed by atoms with Gasteiger partial charge in [0.2, 0.25) is 0 Å². The van der Waals surface area contributed by atoms with E-state index >= 15 is 0 Å². The number of urea groups is 1. The summed E-state index contributed by atoms with van der Waals surface area (Å²) in [4.78, 5) is 46.0. The van der Waals surface area contributed by atoms with Crippen molar-refractivity contribution in [2.75, 3.05) is 13.7 Å². The monoisotopic (exact) mass is 417 g/mol. The van der Waals surface area contributed by atoms with Gasteiger partial charge in [-0.1, -0.05) is 48.5 Å². The van der Waals surface area contributed by atoms with Gasteiger partial charge in [0, 0.05) is 23.9 Å². The number of amides is 3. The van der Waals surface area contributed by atoms with Gasteiger partial charge in [-0.25, -0.2) is 14.5 Å². The zero-order valence-corrected chi connectivity index (χ0v) is 17.4. The SMILES string of the molecule is COC(=O)[C@@H](Cc1ccccc1)N1C(=O)N2CCc3c([nH]c4ccccc34)[C@]2(C)C1=O. The molecule has 31 heavy (non-hydrogen) atoms. The summed E-state index contributed by atoms with van der Waals surface area (Å²) in [6.45, 7) is 2.17. The molecule has 0 radical (unpaired) electrons. The van der Waals surface area contributed by atoms with E-state index in [0.29, 0.717) is 13.0 Å². The molecule has 0 spiro atoms. The van der Waals surface area contributed by atoms with E-state index in [4.69, 9.17) is 4.74 Å². The van der Waals surface area contributed by atoms with E-state index in [-0.39, 0.29) is 6.42 Å². The molecule has 0 unspecified atom stereocenters. The second kappa shape index (κ2) is 6.97. The number of hydrogen-bond donors (Lipinski definition) is 1. The normalized spacial score (nSPS) is 21.2. The fourth-order valence-electron chi connectivity index (χ4n) is 4.95. The first kappa shape index (κ1) is 19.4. The molecule has 7 nitrogen and oxygen atoms in total. The fraction of sp³-hybridized carbons (Fsp3) is 0.292. The lowest BCUT2D eigenvalue weighted by Crippen LogP contribution is -2.49. The van der Waals surface area contributed by atoms with Crippen LogP contribution in [-0.4, -0.2) is 52.4 Å². The number of H-pyrrole nitrogens is 1. The van der Waals surface area contributed by atoms with Crippen LogP contribution in [0.2, 0.25) is 0 Å². The highest BCUT2D eigenvalue weighted by Crippen LogP contribution is 2.44. The first-order valence-electron chi connectivity index (χ1n) is 10.3. The highest BCUT2D eigenvalue weighted by Gasteiger charge is 2.60. The Morgan fingerprint density at radius 2 is 1.84 bits per heavy atom. The number of nitrogens with zero attached hydrogens (tertiary/aromatic N) is 2. The Hall–Kier alpha value is -3.61. The Morgan fingerprint density at radius 1 is 1.13 bits per heavy atom. The lowest BCUT2D eigenvalue weighted by Gasteiger charge is -2.36. The van der Waals surface area contributed by atoms with Gasteiger partial charge in [0.1, 0.15) is 6.04 Å². The lowest BCUT2D eigenvalue weighted by molar-refractivity contribution is -0.150. The van der Waals surface area contributed by atoms with Crippen LogP contribution < -0.4 is 0 Å². The average molecular weight is 417 g/mol. The molecule has 3 heterocycles. The van der Waals surface area contributed by atoms with Crippen LogP contribution in [0.4, 0.5) is 4.79 Å². The summed E-state index contributed by atoms with van der Waals surface area (Å²) < 4.78 is 4.99. The number of nitrogens with one attached hydrogen (secondary N) is 1. The molecule has 0 saturated carbocycles. The van der Waals surface area contributed by atoms with Gasteiger partial charge in [-0.2, -0.15) is 0 Å². The van der Waals surface area contributed by atoms with E-state index in [1.165, 1.54) is 7.11 Å². The van der Waals surface area contributed by atoms with Crippen molar-refractivity contribution in [2.45, 2.75) is 31.3 Å². The predicted octanol–water partition coefficient (Wildman–Crippen LogP) is 2.99. The highest BCUT2D eigenvalue weighted by molar-refractivity contribution is 6.10. The predicted molar refractivity (Wildman–Crippen MR) is 114 cm³/mol. The van der Waals surface area contributed by atoms with Crippen LogP contribution in [0.1, 0.15) is 23.7 Å². The summed E-state index contributed by atoms with van der Waals surface area (Å²) in [7, 11) is 1.27. The van der Waals surface area contributed by atoms with Crippen molar-refractivity contribution in [1.29, 1.82) is 0 Å². The van der Waals surface area contributed by atoms with E-state index < -0.39 is 29.5 Å². The van der Waals surface area contributed by atoms with Crippen LogP contribution in [0, 0.1) is 0 Å². The maximum Gasteiger partial charge on any atom is 0.329 e. The quantitative estimate of drug-likeness (QED) is 0.523. The summed E-state index contributed by atoms with van der Waals surface area (Å²) >= 11 is 0. The van der Waals surface area contributed by atoms with Crippen molar-refractivity contribution in [3.05, 3.63) is 71.4 Å². The van der Waals surface area contributed by atoms with Crippen molar-refractivity contribution in [3.63, 3.8) is 0 Å². The van der Waals surface area contributed by atoms with Gasteiger partial charge in [0.15, 0.2) is 5.54 Å². The highest BCUT2D eigenvalue weighted by atomic mass is 16.5. The number of benzene rings is 2. The van der Waals surface area contributed by atoms with Gasteiger partial charge in [0.25, 0.3) is 5.91 Å². The molecule has 1 saturated heterocycles. The number of esters is 1. The molecule has 3 amide bonds. The number of carbonyl (C=O) groups excluding carboxylic acids is 3. The standard InChI is InChI=1S/C24H23N3O4/c1-24-20-17(16-10-6-7-11-18(16)25-20)12-13-26(24)23(30)27(22(24)29)19(21(28)31-2)14-15-8-4-3-5-9-15/h3-11,19,25H,12-14H2,1-2H3/t19-,24-/m1/s1. The zero-order chi connectivity index (χ0) is 21.8. The van der Waals surface area contributed by atoms with Crippen molar-refractivity contribution >= 4 is 28.8 Å². The fourth-order valence-corrected chi connectivity index (χ4v) is 4.95. The Labute approximate surface area is 179 Å². The minimum absolute atomic E-state index is 0.203. The molecule has 2 aromatic carbocycles. The van der Waals surface area contributed by atoms with Gasteiger partial charge in [-0.3, -0.25) is 4.79 Å². The summed E-state index contributed by atoms with van der Waals surface area (Å²) in [6.07, 6.45) is 0.845. The number of ether oxygens (including phenoxy) is 1. The third kappa shape index (κ3) is 2.69. The molecule has 5 rings (SSSR count). The Bertz CT molecular complexity index is 1200. The van der Waals surface area contributed by atoms with Gasteiger partial charge in [-0.05, 0) is 30.5 Å². The smallest absolute Gasteiger partial charge is 0.329 e. The van der Waals surface area contributed by atoms with E-state index in [0.717, 1.165) is 32.6 Å². The first-order chi connectivity index (χ1) is 15.0. The summed E-state index contributed by atoms with van der Waals surface area (Å²) in [5, 5.41) is 1.06. The third-order valence-corrected chi connectivity index (χ3v) is 6.55. The van der Waals surface area contributed by atoms with Gasteiger partial charge < -0.3 is 14.6 Å². The van der Waals surface area contributed by atoms with Crippen LogP contribution in [0.3, 0.4) is 0 Å². The van der Waals surface area contributed by atoms with E-state index in [1.807, 2.05) is 54.6 Å². The summed E-state index contributed by atoms with van der Waals surface area (Å²) in [6, 6.07) is 15.7. The molecule has 3 aromatic rings. The zero-order valence-electron chi connectivity index (χ0n) is 17.4. The van der Waals surface area contributed by atoms with Crippen LogP contribution in [0.5, 0.6) is 0 Å². The number of imide groups is 1. The Morgan fingerprint density at radius 3 is 2.58 bits per heavy atom. The molecule has 2 aliphatic rings. The lowest BCUT2D eigenvalue weighted by atomic mass is 9.87. The van der Waals surface area contributed by atoms with Gasteiger partial charge in [0.05, 0.1) is 12.8 Å². The van der Waals surface area contributed by atoms with Crippen molar-refractivity contribution in [3.8, 4) is 0 Å². The molecule has 158 valence electrons. The Kier molecular flexibility index (Phi) is 4.36. The maximum atomic E-state index is 13.8. The Balaban J connectivity index is 1.60. The molecule has 1 aromatic heterocycles. The van der Waals surface area contributed by atoms with Crippen LogP contribution in [-0.2, 0) is 32.7 Å². The second-order valence-corrected chi connectivity index (χ2v) is 8.18. The third-order valence-electron chi connectivity index (χ3n) is 6.55. The van der Waals surface area contributed by atoms with Crippen molar-refractivity contribution < 1.29 is 19.1 Å². The summed E-state index contributed by atoms with van der Waals surface area (Å²) in [5.74, 6) is -1.01. The topological polar surface area (TPSA) is 82.7 Å². The number of aromatic nitrogens is 1. The molecular weight excluding hydrogens is 394 g/mol. The van der Waals surface area contributed by atoms with E-state index in [2.05, 4.69) is 4.98 Å². The average Bonchev–Trinajstić information content (AvgIpc) is 3.27. The molecule has 1 N–H and O–H groups in total. The minimum atomic E-state index is -1.19. The number of carbonyl (C=O) groups is 3. The molecule has 2 aliphatic heterocycles. The number of aromatic amines is 1. The second-order valence-electron chi connectivity index (χ2n) is 8.18. The molecule has 1 fully saturated rings. The largest absolute Gasteiger partial charge is 0.467 e. The number of methoxy groups -OCH3 is 1. The number of para-hydroxylation sites is 1. The molecule has 7 heteroatoms. The number of hydrogen-bond acceptors (Lipinski definition) is 4. The summed E-state index contributed by atoms with van der Waals surface area (Å²) in [5.41, 5.74) is 2.37. The maximum absolute atomic E-state index is 13.8. The molecule has 2 atom stereocenters. The molecular formula is C24H23N3O4. The molecule has 0 aliphatic carbocycles. The van der Waals surface area contributed by atoms with E-state index in [9.17, 15) is 14.4 Å². The van der Waals surface area contributed by atoms with Gasteiger partial charge >= 0.3 is 12.0 Å². The van der Waals surface area contributed by atoms with Gasteiger partial charge in [-0.15, -0.1) is 0 Å². The van der Waals surface area contributed by atoms with Crippen molar-refractivity contribution in [2.24, 2.45) is 0 Å². The van der Waals surface area contributed by atoms with Crippen LogP contribution in [0.15, 0.2) is 54.6 Å². The van der Waals surface area contributed by atoms with Crippen molar-refractivity contribution in [1.82, 2.24) is 14.8 Å². The van der Waals surface area contributed by atoms with Crippen LogP contribution in [0.25, 0.3) is 10.9 Å².